The second-order valence-electron chi connectivity index (χ2n) is 4.51. The van der Waals surface area contributed by atoms with Gasteiger partial charge in [-0.05, 0) is 13.8 Å². The molecule has 0 radical (unpaired) electrons. The number of likely N-dealkylation sites (N-methyl/N-ethyl adjacent to an activating group) is 2. The minimum Gasteiger partial charge on any atom is -0.310 e. The second-order valence-corrected chi connectivity index (χ2v) is 4.51. The zero-order valence-corrected chi connectivity index (χ0v) is 11.3. The van der Waals surface area contributed by atoms with Gasteiger partial charge in [0, 0.05) is 38.9 Å². The normalized spacial score (nSPS) is 14.2. The lowest BCUT2D eigenvalue weighted by atomic mass is 10.1. The number of imidazole rings is 2. The quantitative estimate of drug-likeness (QED) is 0.781. The van der Waals surface area contributed by atoms with Gasteiger partial charge >= 0.3 is 0 Å². The highest BCUT2D eigenvalue weighted by atomic mass is 15.6. The van der Waals surface area contributed by atoms with E-state index in [1.165, 1.54) is 0 Å². The van der Waals surface area contributed by atoms with E-state index >= 15 is 0 Å². The Morgan fingerprint density at radius 3 is 1.50 bits per heavy atom. The monoisotopic (exact) mass is 248 g/mol. The van der Waals surface area contributed by atoms with Crippen LogP contribution in [0, 0.1) is 0 Å². The van der Waals surface area contributed by atoms with E-state index in [-0.39, 0.29) is 0 Å². The minimum atomic E-state index is 0.326. The molecule has 2 heterocycles. The molecular formula is C12H20N6. The van der Waals surface area contributed by atoms with Crippen LogP contribution >= 0.6 is 0 Å². The molecule has 98 valence electrons. The Hall–Kier alpha value is -1.98. The molecule has 6 nitrogen and oxygen atoms in total. The van der Waals surface area contributed by atoms with Crippen molar-refractivity contribution < 1.29 is 0 Å². The second kappa shape index (κ2) is 5.12. The van der Waals surface area contributed by atoms with Crippen LogP contribution < -0.4 is 10.0 Å². The lowest BCUT2D eigenvalue weighted by Gasteiger charge is -2.37. The molecular weight excluding hydrogens is 228 g/mol. The molecule has 0 N–H and O–H groups in total. The summed E-state index contributed by atoms with van der Waals surface area (Å²) in [5.41, 5.74) is 0. The van der Waals surface area contributed by atoms with Crippen molar-refractivity contribution in [2.24, 2.45) is 0 Å². The smallest absolute Gasteiger partial charge is 0.114 e. The molecule has 0 aliphatic rings. The first kappa shape index (κ1) is 12.5. The predicted molar refractivity (Wildman–Crippen MR) is 71.7 cm³/mol. The van der Waals surface area contributed by atoms with Crippen LogP contribution in [0.15, 0.2) is 37.4 Å². The third-order valence-electron chi connectivity index (χ3n) is 3.59. The molecule has 2 aromatic heterocycles. The third-order valence-corrected chi connectivity index (χ3v) is 3.59. The molecule has 0 spiro atoms. The summed E-state index contributed by atoms with van der Waals surface area (Å²) in [6.45, 7) is 4.39. The fraction of sp³-hybridized carbons (Fsp3) is 0.500. The van der Waals surface area contributed by atoms with Gasteiger partial charge in [-0.25, -0.2) is 9.97 Å². The van der Waals surface area contributed by atoms with E-state index in [0.29, 0.717) is 12.1 Å². The summed E-state index contributed by atoms with van der Waals surface area (Å²) in [5.74, 6) is 0. The van der Waals surface area contributed by atoms with Gasteiger partial charge in [-0.1, -0.05) is 0 Å². The number of aromatic nitrogens is 4. The Morgan fingerprint density at radius 2 is 1.22 bits per heavy atom. The van der Waals surface area contributed by atoms with Crippen LogP contribution in [0.5, 0.6) is 0 Å². The van der Waals surface area contributed by atoms with E-state index in [0.717, 1.165) is 0 Å². The third kappa shape index (κ3) is 2.32. The summed E-state index contributed by atoms with van der Waals surface area (Å²) >= 11 is 0. The number of nitrogens with zero attached hydrogens (tertiary/aromatic N) is 6. The molecule has 6 heteroatoms. The number of hydrogen-bond acceptors (Lipinski definition) is 4. The standard InChI is InChI=1S/C12H20N6/c1-11(15(3)17-7-5-13-9-17)12(2)16(4)18-8-6-14-10-18/h5-12H,1-4H3. The zero-order valence-electron chi connectivity index (χ0n) is 11.3. The van der Waals surface area contributed by atoms with Crippen LogP contribution in [-0.2, 0) is 0 Å². The van der Waals surface area contributed by atoms with Gasteiger partial charge in [0.05, 0.1) is 12.1 Å². The van der Waals surface area contributed by atoms with Crippen LogP contribution in [0.1, 0.15) is 13.8 Å². The van der Waals surface area contributed by atoms with Crippen molar-refractivity contribution in [3.8, 4) is 0 Å². The molecule has 2 unspecified atom stereocenters. The fourth-order valence-electron chi connectivity index (χ4n) is 1.92. The Labute approximate surface area is 107 Å². The predicted octanol–water partition coefficient (Wildman–Crippen LogP) is 0.692. The Morgan fingerprint density at radius 1 is 0.833 bits per heavy atom. The average Bonchev–Trinajstić information content (AvgIpc) is 3.06. The van der Waals surface area contributed by atoms with Crippen molar-refractivity contribution >= 4 is 0 Å². The Kier molecular flexibility index (Phi) is 3.55. The topological polar surface area (TPSA) is 42.1 Å². The molecule has 0 aliphatic heterocycles. The molecule has 0 amide bonds. The lowest BCUT2D eigenvalue weighted by molar-refractivity contribution is 0.419. The van der Waals surface area contributed by atoms with Gasteiger partial charge in [0.1, 0.15) is 12.7 Å². The molecule has 0 saturated carbocycles. The number of hydrogen-bond donors (Lipinski definition) is 0. The van der Waals surface area contributed by atoms with Gasteiger partial charge in [-0.15, -0.1) is 0 Å². The van der Waals surface area contributed by atoms with Gasteiger partial charge in [-0.3, -0.25) is 9.35 Å². The molecule has 2 atom stereocenters. The molecule has 18 heavy (non-hydrogen) atoms. The highest BCUT2D eigenvalue weighted by Crippen LogP contribution is 2.07. The maximum absolute atomic E-state index is 4.07. The SMILES string of the molecule is CC(C(C)N(C)n1ccnc1)N(C)n1ccnc1. The molecule has 2 rings (SSSR count). The molecule has 0 aliphatic carbocycles. The lowest BCUT2D eigenvalue weighted by Crippen LogP contribution is -2.53. The molecule has 0 fully saturated rings. The molecule has 2 aromatic rings. The molecule has 0 saturated heterocycles. The van der Waals surface area contributed by atoms with Crippen molar-refractivity contribution in [1.82, 2.24) is 19.3 Å². The zero-order chi connectivity index (χ0) is 13.1. The Bertz CT molecular complexity index is 405. The van der Waals surface area contributed by atoms with E-state index in [2.05, 4.69) is 47.9 Å². The summed E-state index contributed by atoms with van der Waals surface area (Å²) in [6, 6.07) is 0.651. The maximum atomic E-state index is 4.07. The summed E-state index contributed by atoms with van der Waals surface area (Å²) in [5, 5.41) is 4.32. The first-order valence-electron chi connectivity index (χ1n) is 6.03. The van der Waals surface area contributed by atoms with Crippen molar-refractivity contribution in [2.45, 2.75) is 25.9 Å². The van der Waals surface area contributed by atoms with Gasteiger partial charge < -0.3 is 10.0 Å². The highest BCUT2D eigenvalue weighted by Gasteiger charge is 2.21. The Balaban J connectivity index is 2.06. The van der Waals surface area contributed by atoms with Gasteiger partial charge in [0.2, 0.25) is 0 Å². The van der Waals surface area contributed by atoms with E-state index in [9.17, 15) is 0 Å². The summed E-state index contributed by atoms with van der Waals surface area (Å²) < 4.78 is 3.98. The molecule has 0 bridgehead atoms. The van der Waals surface area contributed by atoms with Crippen molar-refractivity contribution in [2.75, 3.05) is 24.1 Å². The first-order valence-corrected chi connectivity index (χ1v) is 6.03. The summed E-state index contributed by atoms with van der Waals surface area (Å²) in [6.07, 6.45) is 11.1. The summed E-state index contributed by atoms with van der Waals surface area (Å²) in [7, 11) is 4.12. The minimum absolute atomic E-state index is 0.326. The van der Waals surface area contributed by atoms with Crippen molar-refractivity contribution in [3.05, 3.63) is 37.4 Å². The number of rotatable bonds is 5. The van der Waals surface area contributed by atoms with E-state index in [1.807, 2.05) is 21.7 Å². The van der Waals surface area contributed by atoms with Crippen LogP contribution in [0.2, 0.25) is 0 Å². The highest BCUT2D eigenvalue weighted by molar-refractivity contribution is 5.02. The average molecular weight is 248 g/mol. The van der Waals surface area contributed by atoms with Gasteiger partial charge in [-0.2, -0.15) is 0 Å². The van der Waals surface area contributed by atoms with E-state index in [4.69, 9.17) is 0 Å². The fourth-order valence-corrected chi connectivity index (χ4v) is 1.92. The summed E-state index contributed by atoms with van der Waals surface area (Å²) in [4.78, 5) is 8.14. The van der Waals surface area contributed by atoms with Crippen LogP contribution in [0.4, 0.5) is 0 Å². The largest absolute Gasteiger partial charge is 0.310 e. The van der Waals surface area contributed by atoms with Crippen LogP contribution in [0.25, 0.3) is 0 Å². The van der Waals surface area contributed by atoms with E-state index in [1.54, 1.807) is 25.0 Å². The van der Waals surface area contributed by atoms with Crippen LogP contribution in [-0.4, -0.2) is 45.5 Å². The maximum Gasteiger partial charge on any atom is 0.114 e. The van der Waals surface area contributed by atoms with Crippen molar-refractivity contribution in [3.63, 3.8) is 0 Å². The first-order chi connectivity index (χ1) is 8.61. The van der Waals surface area contributed by atoms with Crippen LogP contribution in [0.3, 0.4) is 0 Å². The van der Waals surface area contributed by atoms with Gasteiger partial charge in [0.25, 0.3) is 0 Å². The van der Waals surface area contributed by atoms with Gasteiger partial charge in [0.15, 0.2) is 0 Å². The van der Waals surface area contributed by atoms with Crippen molar-refractivity contribution in [1.29, 1.82) is 0 Å². The van der Waals surface area contributed by atoms with E-state index < -0.39 is 0 Å². The molecule has 0 aromatic carbocycles.